The normalized spacial score (nSPS) is 11.2. The molecule has 1 heterocycles. The third-order valence-electron chi connectivity index (χ3n) is 4.40. The molecule has 3 aromatic rings. The first-order valence-corrected chi connectivity index (χ1v) is 8.04. The Labute approximate surface area is 140 Å². The van der Waals surface area contributed by atoms with E-state index in [0.717, 1.165) is 16.7 Å². The molecule has 0 aliphatic heterocycles. The molecule has 0 aliphatic carbocycles. The van der Waals surface area contributed by atoms with E-state index in [1.165, 1.54) is 0 Å². The van der Waals surface area contributed by atoms with Gasteiger partial charge < -0.3 is 9.15 Å². The van der Waals surface area contributed by atoms with Crippen LogP contribution in [-0.2, 0) is 16.0 Å². The third-order valence-corrected chi connectivity index (χ3v) is 4.40. The van der Waals surface area contributed by atoms with Crippen LogP contribution in [0.3, 0.4) is 0 Å². The molecule has 0 radical (unpaired) electrons. The Kier molecular flexibility index (Phi) is 4.14. The van der Waals surface area contributed by atoms with Crippen LogP contribution in [0.1, 0.15) is 29.2 Å². The fourth-order valence-corrected chi connectivity index (χ4v) is 3.09. The number of carbonyl (C=O) groups excluding carboxylic acids is 1. The second kappa shape index (κ2) is 6.11. The highest BCUT2D eigenvalue weighted by Gasteiger charge is 2.17. The largest absolute Gasteiger partial charge is 0.466 e. The number of carbonyl (C=O) groups is 1. The van der Waals surface area contributed by atoms with Gasteiger partial charge in [0.1, 0.15) is 11.2 Å². The lowest BCUT2D eigenvalue weighted by Crippen LogP contribution is -2.10. The Hall–Kier alpha value is -2.62. The summed E-state index contributed by atoms with van der Waals surface area (Å²) in [4.78, 5) is 24.8. The van der Waals surface area contributed by atoms with Crippen LogP contribution in [0.15, 0.2) is 33.5 Å². The maximum atomic E-state index is 13.0. The molecule has 0 spiro atoms. The van der Waals surface area contributed by atoms with Crippen LogP contribution >= 0.6 is 0 Å². The van der Waals surface area contributed by atoms with Gasteiger partial charge in [0.15, 0.2) is 0 Å². The smallest absolute Gasteiger partial charge is 0.310 e. The lowest BCUT2D eigenvalue weighted by Gasteiger charge is -2.11. The zero-order chi connectivity index (χ0) is 17.4. The van der Waals surface area contributed by atoms with E-state index < -0.39 is 0 Å². The first-order chi connectivity index (χ1) is 11.4. The SMILES string of the molecule is CCOC(=O)Cc1cccc2c(=O)c3c(C)cc(C)c(C)c3oc12. The molecule has 24 heavy (non-hydrogen) atoms. The zero-order valence-electron chi connectivity index (χ0n) is 14.4. The topological polar surface area (TPSA) is 56.5 Å². The predicted molar refractivity (Wildman–Crippen MR) is 94.5 cm³/mol. The number of benzene rings is 2. The lowest BCUT2D eigenvalue weighted by atomic mass is 9.99. The molecule has 2 aromatic carbocycles. The Morgan fingerprint density at radius 2 is 1.88 bits per heavy atom. The first-order valence-electron chi connectivity index (χ1n) is 8.04. The van der Waals surface area contributed by atoms with Crippen LogP contribution in [-0.4, -0.2) is 12.6 Å². The standard InChI is InChI=1S/C20H20O4/c1-5-23-16(21)10-14-7-6-8-15-18(22)17-12(3)9-11(2)13(4)19(17)24-20(14)15/h6-9H,5,10H2,1-4H3. The monoisotopic (exact) mass is 324 g/mol. The van der Waals surface area contributed by atoms with E-state index >= 15 is 0 Å². The van der Waals surface area contributed by atoms with E-state index in [4.69, 9.17) is 9.15 Å². The van der Waals surface area contributed by atoms with Gasteiger partial charge in [0, 0.05) is 5.56 Å². The van der Waals surface area contributed by atoms with Crippen LogP contribution in [0, 0.1) is 20.8 Å². The van der Waals surface area contributed by atoms with E-state index in [9.17, 15) is 9.59 Å². The third kappa shape index (κ3) is 2.58. The molecule has 3 rings (SSSR count). The van der Waals surface area contributed by atoms with Crippen molar-refractivity contribution in [3.05, 3.63) is 56.7 Å². The van der Waals surface area contributed by atoms with Crippen molar-refractivity contribution < 1.29 is 13.9 Å². The van der Waals surface area contributed by atoms with E-state index in [-0.39, 0.29) is 17.8 Å². The number of esters is 1. The molecule has 0 fully saturated rings. The van der Waals surface area contributed by atoms with Crippen molar-refractivity contribution in [1.29, 1.82) is 0 Å². The van der Waals surface area contributed by atoms with Crippen molar-refractivity contribution in [1.82, 2.24) is 0 Å². The Bertz CT molecular complexity index is 1010. The molecule has 0 bridgehead atoms. The van der Waals surface area contributed by atoms with Crippen LogP contribution < -0.4 is 5.43 Å². The second-order valence-corrected chi connectivity index (χ2v) is 6.05. The summed E-state index contributed by atoms with van der Waals surface area (Å²) in [6.07, 6.45) is 0.0868. The van der Waals surface area contributed by atoms with Gasteiger partial charge in [0.25, 0.3) is 0 Å². The molecule has 4 nitrogen and oxygen atoms in total. The summed E-state index contributed by atoms with van der Waals surface area (Å²) < 4.78 is 11.1. The van der Waals surface area contributed by atoms with Gasteiger partial charge in [0.2, 0.25) is 5.43 Å². The highest BCUT2D eigenvalue weighted by Crippen LogP contribution is 2.28. The zero-order valence-corrected chi connectivity index (χ0v) is 14.4. The lowest BCUT2D eigenvalue weighted by molar-refractivity contribution is -0.142. The number of rotatable bonds is 3. The first kappa shape index (κ1) is 16.2. The Morgan fingerprint density at radius 3 is 2.58 bits per heavy atom. The van der Waals surface area contributed by atoms with Crippen LogP contribution in [0.4, 0.5) is 0 Å². The average Bonchev–Trinajstić information content (AvgIpc) is 2.53. The van der Waals surface area contributed by atoms with Crippen molar-refractivity contribution in [2.75, 3.05) is 6.61 Å². The minimum absolute atomic E-state index is 0.0578. The van der Waals surface area contributed by atoms with Crippen LogP contribution in [0.25, 0.3) is 21.9 Å². The Balaban J connectivity index is 2.35. The minimum Gasteiger partial charge on any atom is -0.466 e. The molecule has 4 heteroatoms. The van der Waals surface area contributed by atoms with Crippen molar-refractivity contribution in [2.24, 2.45) is 0 Å². The van der Waals surface area contributed by atoms with Gasteiger partial charge in [-0.3, -0.25) is 9.59 Å². The summed E-state index contributed by atoms with van der Waals surface area (Å²) in [5.74, 6) is -0.329. The Morgan fingerprint density at radius 1 is 1.12 bits per heavy atom. The average molecular weight is 324 g/mol. The van der Waals surface area contributed by atoms with Gasteiger partial charge in [-0.05, 0) is 50.5 Å². The molecular formula is C20H20O4. The molecule has 0 N–H and O–H groups in total. The number of hydrogen-bond acceptors (Lipinski definition) is 4. The summed E-state index contributed by atoms with van der Waals surface area (Å²) in [5, 5.41) is 1.11. The summed E-state index contributed by atoms with van der Waals surface area (Å²) in [7, 11) is 0. The molecule has 1 aromatic heterocycles. The number of hydrogen-bond donors (Lipinski definition) is 0. The summed E-state index contributed by atoms with van der Waals surface area (Å²) in [6.45, 7) is 7.95. The molecular weight excluding hydrogens is 304 g/mol. The van der Waals surface area contributed by atoms with Crippen LogP contribution in [0.2, 0.25) is 0 Å². The van der Waals surface area contributed by atoms with Gasteiger partial charge >= 0.3 is 5.97 Å². The van der Waals surface area contributed by atoms with Crippen molar-refractivity contribution >= 4 is 27.9 Å². The molecule has 0 unspecified atom stereocenters. The van der Waals surface area contributed by atoms with E-state index in [0.29, 0.717) is 34.1 Å². The molecule has 0 aliphatic rings. The summed E-state index contributed by atoms with van der Waals surface area (Å²) in [5.41, 5.74) is 4.60. The van der Waals surface area contributed by atoms with Crippen molar-refractivity contribution in [3.63, 3.8) is 0 Å². The van der Waals surface area contributed by atoms with Gasteiger partial charge in [-0.1, -0.05) is 18.2 Å². The predicted octanol–water partition coefficient (Wildman–Crippen LogP) is 3.98. The van der Waals surface area contributed by atoms with E-state index in [2.05, 4.69) is 0 Å². The maximum absolute atomic E-state index is 13.0. The van der Waals surface area contributed by atoms with Crippen molar-refractivity contribution in [2.45, 2.75) is 34.1 Å². The number of fused-ring (bicyclic) bond motifs is 2. The highest BCUT2D eigenvalue weighted by atomic mass is 16.5. The maximum Gasteiger partial charge on any atom is 0.310 e. The molecule has 0 amide bonds. The second-order valence-electron chi connectivity index (χ2n) is 6.05. The molecule has 0 saturated heterocycles. The van der Waals surface area contributed by atoms with Crippen molar-refractivity contribution in [3.8, 4) is 0 Å². The van der Waals surface area contributed by atoms with Gasteiger partial charge in [-0.25, -0.2) is 0 Å². The number of ether oxygens (including phenoxy) is 1. The minimum atomic E-state index is -0.329. The molecule has 0 saturated carbocycles. The van der Waals surface area contributed by atoms with Gasteiger partial charge in [0.05, 0.1) is 23.8 Å². The highest BCUT2D eigenvalue weighted by molar-refractivity contribution is 5.95. The summed E-state index contributed by atoms with van der Waals surface area (Å²) >= 11 is 0. The fraction of sp³-hybridized carbons (Fsp3) is 0.300. The molecule has 0 atom stereocenters. The quantitative estimate of drug-likeness (QED) is 0.540. The van der Waals surface area contributed by atoms with E-state index in [1.807, 2.05) is 26.8 Å². The van der Waals surface area contributed by atoms with Crippen LogP contribution in [0.5, 0.6) is 0 Å². The molecule has 124 valence electrons. The fourth-order valence-electron chi connectivity index (χ4n) is 3.09. The van der Waals surface area contributed by atoms with E-state index in [1.54, 1.807) is 25.1 Å². The summed E-state index contributed by atoms with van der Waals surface area (Å²) in [6, 6.07) is 7.31. The number of aryl methyl sites for hydroxylation is 3. The van der Waals surface area contributed by atoms with Gasteiger partial charge in [-0.2, -0.15) is 0 Å². The number of para-hydroxylation sites is 1. The van der Waals surface area contributed by atoms with Gasteiger partial charge in [-0.15, -0.1) is 0 Å².